The maximum absolute atomic E-state index is 14.0. The van der Waals surface area contributed by atoms with Gasteiger partial charge in [-0.15, -0.1) is 16.4 Å². The maximum Gasteiger partial charge on any atom is 0.338 e. The number of carbonyl (C=O) groups excluding carboxylic acids is 3. The molecule has 2 aromatic carbocycles. The van der Waals surface area contributed by atoms with Crippen molar-refractivity contribution in [3.8, 4) is 0 Å². The van der Waals surface area contributed by atoms with E-state index in [1.807, 2.05) is 41.8 Å². The highest BCUT2D eigenvalue weighted by atomic mass is 32.1. The van der Waals surface area contributed by atoms with Crippen LogP contribution in [0.25, 0.3) is 11.0 Å². The van der Waals surface area contributed by atoms with Crippen LogP contribution in [0.2, 0.25) is 0 Å². The average Bonchev–Trinajstić information content (AvgIpc) is 3.58. The van der Waals surface area contributed by atoms with Gasteiger partial charge in [-0.2, -0.15) is 0 Å². The predicted octanol–water partition coefficient (Wildman–Crippen LogP) is 4.61. The third-order valence-electron chi connectivity index (χ3n) is 5.95. The summed E-state index contributed by atoms with van der Waals surface area (Å²) in [6, 6.07) is 16.7. The van der Waals surface area contributed by atoms with Crippen LogP contribution in [0.5, 0.6) is 0 Å². The van der Waals surface area contributed by atoms with Gasteiger partial charge < -0.3 is 10.1 Å². The first-order chi connectivity index (χ1) is 18.4. The normalized spacial score (nSPS) is 11.9. The molecule has 0 aliphatic heterocycles. The molecule has 2 heterocycles. The minimum Gasteiger partial charge on any atom is -0.462 e. The van der Waals surface area contributed by atoms with Gasteiger partial charge in [0.2, 0.25) is 11.8 Å². The van der Waals surface area contributed by atoms with Crippen molar-refractivity contribution in [1.29, 1.82) is 0 Å². The molecular weight excluding hydrogens is 502 g/mol. The van der Waals surface area contributed by atoms with E-state index in [1.165, 1.54) is 20.9 Å². The Hall–Kier alpha value is -4.05. The maximum atomic E-state index is 14.0. The van der Waals surface area contributed by atoms with Crippen molar-refractivity contribution in [3.63, 3.8) is 0 Å². The molecule has 1 unspecified atom stereocenters. The number of thiophene rings is 1. The number of nitrogens with one attached hydrogen (secondary N) is 1. The van der Waals surface area contributed by atoms with Crippen LogP contribution in [0, 0.1) is 5.92 Å². The van der Waals surface area contributed by atoms with Gasteiger partial charge in [0, 0.05) is 17.1 Å². The molecule has 0 radical (unpaired) electrons. The van der Waals surface area contributed by atoms with Crippen LogP contribution in [0.4, 0.5) is 5.69 Å². The molecule has 0 saturated carbocycles. The lowest BCUT2D eigenvalue weighted by molar-refractivity contribution is -0.126. The van der Waals surface area contributed by atoms with Gasteiger partial charge in [-0.25, -0.2) is 9.48 Å². The van der Waals surface area contributed by atoms with Gasteiger partial charge >= 0.3 is 5.97 Å². The molecule has 0 aliphatic rings. The summed E-state index contributed by atoms with van der Waals surface area (Å²) >= 11 is 1.39. The van der Waals surface area contributed by atoms with Crippen molar-refractivity contribution in [3.05, 3.63) is 76.5 Å². The first-order valence-corrected chi connectivity index (χ1v) is 13.5. The lowest BCUT2D eigenvalue weighted by atomic mass is 10.1. The fraction of sp³-hybridized carbons (Fsp3) is 0.321. The Morgan fingerprint density at radius 2 is 1.89 bits per heavy atom. The second-order valence-electron chi connectivity index (χ2n) is 9.16. The van der Waals surface area contributed by atoms with Crippen molar-refractivity contribution >= 4 is 45.8 Å². The lowest BCUT2D eigenvalue weighted by Crippen LogP contribution is -2.45. The van der Waals surface area contributed by atoms with E-state index in [0.29, 0.717) is 39.6 Å². The number of rotatable bonds is 11. The number of benzene rings is 2. The Morgan fingerprint density at radius 1 is 1.08 bits per heavy atom. The molecule has 4 aromatic rings. The zero-order valence-corrected chi connectivity index (χ0v) is 22.5. The van der Waals surface area contributed by atoms with Crippen LogP contribution >= 0.6 is 11.3 Å². The Morgan fingerprint density at radius 3 is 2.63 bits per heavy atom. The molecule has 2 aromatic heterocycles. The van der Waals surface area contributed by atoms with Crippen molar-refractivity contribution in [2.75, 3.05) is 18.1 Å². The van der Waals surface area contributed by atoms with Crippen LogP contribution < -0.4 is 10.2 Å². The van der Waals surface area contributed by atoms with Gasteiger partial charge in [0.05, 0.1) is 17.7 Å². The van der Waals surface area contributed by atoms with Gasteiger partial charge in [0.1, 0.15) is 18.1 Å². The van der Waals surface area contributed by atoms with Crippen molar-refractivity contribution in [2.24, 2.45) is 5.92 Å². The predicted molar refractivity (Wildman–Crippen MR) is 147 cm³/mol. The number of nitrogens with zero attached hydrogens (tertiary/aromatic N) is 4. The Labute approximate surface area is 225 Å². The first kappa shape index (κ1) is 27.0. The van der Waals surface area contributed by atoms with E-state index in [9.17, 15) is 14.4 Å². The minimum atomic E-state index is -0.943. The smallest absolute Gasteiger partial charge is 0.338 e. The van der Waals surface area contributed by atoms with Gasteiger partial charge in [-0.3, -0.25) is 14.5 Å². The number of hydrogen-bond acceptors (Lipinski definition) is 7. The highest BCUT2D eigenvalue weighted by molar-refractivity contribution is 7.10. The largest absolute Gasteiger partial charge is 0.462 e. The number of amides is 2. The van der Waals surface area contributed by atoms with Crippen LogP contribution in [0.15, 0.2) is 66.0 Å². The van der Waals surface area contributed by atoms with Crippen LogP contribution in [-0.4, -0.2) is 45.9 Å². The first-order valence-electron chi connectivity index (χ1n) is 12.6. The zero-order chi connectivity index (χ0) is 27.1. The molecule has 1 N–H and O–H groups in total. The summed E-state index contributed by atoms with van der Waals surface area (Å²) in [6.07, 6.45) is 0.806. The zero-order valence-electron chi connectivity index (χ0n) is 21.7. The van der Waals surface area contributed by atoms with E-state index in [-0.39, 0.29) is 25.0 Å². The summed E-state index contributed by atoms with van der Waals surface area (Å²) in [5.41, 5.74) is 2.06. The van der Waals surface area contributed by atoms with Crippen LogP contribution in [-0.2, 0) is 20.9 Å². The molecule has 0 saturated heterocycles. The monoisotopic (exact) mass is 533 g/mol. The van der Waals surface area contributed by atoms with E-state index >= 15 is 0 Å². The Balaban J connectivity index is 1.76. The third-order valence-corrected chi connectivity index (χ3v) is 6.87. The number of hydrogen-bond donors (Lipinski definition) is 1. The highest BCUT2D eigenvalue weighted by Crippen LogP contribution is 2.32. The summed E-state index contributed by atoms with van der Waals surface area (Å²) in [5, 5.41) is 13.2. The lowest BCUT2D eigenvalue weighted by Gasteiger charge is -2.31. The number of para-hydroxylation sites is 1. The molecule has 198 valence electrons. The van der Waals surface area contributed by atoms with Crippen molar-refractivity contribution in [1.82, 2.24) is 20.3 Å². The molecule has 0 fully saturated rings. The van der Waals surface area contributed by atoms with Gasteiger partial charge in [0.15, 0.2) is 0 Å². The van der Waals surface area contributed by atoms with Crippen LogP contribution in [0.3, 0.4) is 0 Å². The van der Waals surface area contributed by atoms with E-state index in [1.54, 1.807) is 31.2 Å². The number of fused-ring (bicyclic) bond motifs is 1. The Bertz CT molecular complexity index is 1400. The molecular formula is C28H31N5O4S. The van der Waals surface area contributed by atoms with E-state index < -0.39 is 12.0 Å². The van der Waals surface area contributed by atoms with Gasteiger partial charge in [-0.1, -0.05) is 43.3 Å². The van der Waals surface area contributed by atoms with E-state index in [2.05, 4.69) is 29.5 Å². The molecule has 0 spiro atoms. The van der Waals surface area contributed by atoms with Gasteiger partial charge in [0.25, 0.3) is 0 Å². The van der Waals surface area contributed by atoms with Crippen molar-refractivity contribution < 1.29 is 19.1 Å². The summed E-state index contributed by atoms with van der Waals surface area (Å²) in [7, 11) is 0. The fourth-order valence-corrected chi connectivity index (χ4v) is 4.89. The molecule has 0 bridgehead atoms. The summed E-state index contributed by atoms with van der Waals surface area (Å²) in [5.74, 6) is -0.765. The molecule has 38 heavy (non-hydrogen) atoms. The Kier molecular flexibility index (Phi) is 8.85. The topological polar surface area (TPSA) is 106 Å². The minimum absolute atomic E-state index is 0.148. The molecule has 2 amide bonds. The molecule has 9 nitrogen and oxygen atoms in total. The summed E-state index contributed by atoms with van der Waals surface area (Å²) in [4.78, 5) is 42.3. The van der Waals surface area contributed by atoms with Crippen LogP contribution in [0.1, 0.15) is 48.5 Å². The second kappa shape index (κ2) is 12.5. The molecule has 4 rings (SSSR count). The summed E-state index contributed by atoms with van der Waals surface area (Å²) < 4.78 is 6.69. The number of aromatic nitrogens is 3. The number of anilines is 1. The number of carbonyl (C=O) groups is 3. The fourth-order valence-electron chi connectivity index (χ4n) is 4.07. The third kappa shape index (κ3) is 6.25. The van der Waals surface area contributed by atoms with E-state index in [4.69, 9.17) is 4.74 Å². The second-order valence-corrected chi connectivity index (χ2v) is 10.1. The number of esters is 1. The van der Waals surface area contributed by atoms with Gasteiger partial charge in [-0.05, 0) is 61.0 Å². The quantitative estimate of drug-likeness (QED) is 0.282. The highest BCUT2D eigenvalue weighted by Gasteiger charge is 2.34. The molecule has 1 atom stereocenters. The van der Waals surface area contributed by atoms with E-state index in [0.717, 1.165) is 6.42 Å². The average molecular weight is 534 g/mol. The molecule has 0 aliphatic carbocycles. The number of ether oxygens (including phenoxy) is 1. The standard InChI is InChI=1S/C28H31N5O4S/c1-4-37-28(36)20-9-7-10-21(17-20)33(25(34)18-32-23-12-6-5-11-22(23)30-31-32)26(24-13-8-16-38-24)27(35)29-15-14-19(2)3/h5-13,16-17,19,26H,4,14-15,18H2,1-3H3,(H,29,35). The molecule has 10 heteroatoms. The SMILES string of the molecule is CCOC(=O)c1cccc(N(C(=O)Cn2nnc3ccccc32)C(C(=O)NCCC(C)C)c2cccs2)c1. The van der Waals surface area contributed by atoms with Crippen molar-refractivity contribution in [2.45, 2.75) is 39.8 Å². The summed E-state index contributed by atoms with van der Waals surface area (Å²) in [6.45, 7) is 6.46.